The van der Waals surface area contributed by atoms with E-state index >= 15 is 0 Å². The number of benzene rings is 1. The molecule has 112 valence electrons. The van der Waals surface area contributed by atoms with Crippen LogP contribution in [0.5, 0.6) is 0 Å². The molecule has 1 fully saturated rings. The Kier molecular flexibility index (Phi) is 4.94. The summed E-state index contributed by atoms with van der Waals surface area (Å²) < 4.78 is 31.9. The minimum Gasteiger partial charge on any atom is -0.374 e. The van der Waals surface area contributed by atoms with E-state index in [1.54, 1.807) is 6.92 Å². The first-order valence-electron chi connectivity index (χ1n) is 6.15. The molecule has 2 N–H and O–H groups in total. The van der Waals surface area contributed by atoms with Crippen LogP contribution in [0.15, 0.2) is 23.1 Å². The quantitative estimate of drug-likeness (QED) is 0.910. The van der Waals surface area contributed by atoms with Crippen LogP contribution in [0.1, 0.15) is 6.92 Å². The lowest BCUT2D eigenvalue weighted by atomic mass is 10.2. The summed E-state index contributed by atoms with van der Waals surface area (Å²) in [7, 11) is -3.61. The van der Waals surface area contributed by atoms with Crippen LogP contribution in [-0.4, -0.2) is 44.6 Å². The van der Waals surface area contributed by atoms with E-state index in [9.17, 15) is 8.42 Å². The summed E-state index contributed by atoms with van der Waals surface area (Å²) in [5.41, 5.74) is 5.77. The van der Waals surface area contributed by atoms with Gasteiger partial charge in [0.2, 0.25) is 10.0 Å². The molecule has 0 spiro atoms. The van der Waals surface area contributed by atoms with Gasteiger partial charge in [0, 0.05) is 19.1 Å². The smallest absolute Gasteiger partial charge is 0.243 e. The monoisotopic (exact) mass is 338 g/mol. The van der Waals surface area contributed by atoms with Crippen molar-refractivity contribution in [1.82, 2.24) is 4.31 Å². The van der Waals surface area contributed by atoms with Crippen molar-refractivity contribution in [3.05, 3.63) is 28.2 Å². The maximum atomic E-state index is 12.5. The van der Waals surface area contributed by atoms with Crippen LogP contribution < -0.4 is 5.73 Å². The van der Waals surface area contributed by atoms with Crippen molar-refractivity contribution < 1.29 is 13.2 Å². The predicted molar refractivity (Wildman–Crippen MR) is 78.6 cm³/mol. The SMILES string of the molecule is CC(N)C1CN(S(=O)(=O)c2ccc(Cl)c(Cl)c2)CCO1. The van der Waals surface area contributed by atoms with Gasteiger partial charge in [0.15, 0.2) is 0 Å². The van der Waals surface area contributed by atoms with Crippen molar-refractivity contribution >= 4 is 33.2 Å². The second-order valence-electron chi connectivity index (χ2n) is 4.71. The van der Waals surface area contributed by atoms with Crippen LogP contribution in [0, 0.1) is 0 Å². The molecule has 2 atom stereocenters. The Morgan fingerprint density at radius 2 is 2.10 bits per heavy atom. The second-order valence-corrected chi connectivity index (χ2v) is 7.46. The number of rotatable bonds is 3. The Labute approximate surface area is 128 Å². The lowest BCUT2D eigenvalue weighted by molar-refractivity contribution is -0.0120. The molecule has 1 heterocycles. The van der Waals surface area contributed by atoms with Crippen LogP contribution in [0.4, 0.5) is 0 Å². The topological polar surface area (TPSA) is 72.6 Å². The maximum Gasteiger partial charge on any atom is 0.243 e. The van der Waals surface area contributed by atoms with Gasteiger partial charge in [0.1, 0.15) is 0 Å². The van der Waals surface area contributed by atoms with Gasteiger partial charge in [-0.3, -0.25) is 0 Å². The molecule has 20 heavy (non-hydrogen) atoms. The Morgan fingerprint density at radius 3 is 2.70 bits per heavy atom. The molecular weight excluding hydrogens is 323 g/mol. The summed E-state index contributed by atoms with van der Waals surface area (Å²) in [5.74, 6) is 0. The summed E-state index contributed by atoms with van der Waals surface area (Å²) in [6.07, 6.45) is -0.304. The standard InChI is InChI=1S/C12H16Cl2N2O3S/c1-8(15)12-7-16(4-5-19-12)20(17,18)9-2-3-10(13)11(14)6-9/h2-3,6,8,12H,4-5,7,15H2,1H3. The molecule has 0 amide bonds. The highest BCUT2D eigenvalue weighted by molar-refractivity contribution is 7.89. The summed E-state index contributed by atoms with van der Waals surface area (Å²) in [6, 6.07) is 4.04. The predicted octanol–water partition coefficient (Wildman–Crippen LogP) is 1.73. The minimum absolute atomic E-state index is 0.122. The van der Waals surface area contributed by atoms with Gasteiger partial charge in [-0.15, -0.1) is 0 Å². The van der Waals surface area contributed by atoms with Crippen LogP contribution in [0.2, 0.25) is 10.0 Å². The average Bonchev–Trinajstić information content (AvgIpc) is 2.42. The first-order chi connectivity index (χ1) is 9.32. The van der Waals surface area contributed by atoms with Crippen LogP contribution in [0.3, 0.4) is 0 Å². The number of hydrogen-bond acceptors (Lipinski definition) is 4. The van der Waals surface area contributed by atoms with Crippen molar-refractivity contribution in [1.29, 1.82) is 0 Å². The number of nitrogens with zero attached hydrogens (tertiary/aromatic N) is 1. The second kappa shape index (κ2) is 6.17. The zero-order valence-electron chi connectivity index (χ0n) is 10.9. The van der Waals surface area contributed by atoms with E-state index < -0.39 is 10.0 Å². The third-order valence-electron chi connectivity index (χ3n) is 3.17. The van der Waals surface area contributed by atoms with E-state index in [1.807, 2.05) is 0 Å². The minimum atomic E-state index is -3.61. The lowest BCUT2D eigenvalue weighted by Crippen LogP contribution is -2.51. The van der Waals surface area contributed by atoms with E-state index in [4.69, 9.17) is 33.7 Å². The van der Waals surface area contributed by atoms with Gasteiger partial charge in [0.25, 0.3) is 0 Å². The molecule has 1 aliphatic rings. The van der Waals surface area contributed by atoms with Gasteiger partial charge in [-0.05, 0) is 25.1 Å². The maximum absolute atomic E-state index is 12.5. The van der Waals surface area contributed by atoms with E-state index in [0.717, 1.165) is 0 Å². The van der Waals surface area contributed by atoms with Crippen molar-refractivity contribution in [2.24, 2.45) is 5.73 Å². The molecule has 1 aliphatic heterocycles. The summed E-state index contributed by atoms with van der Waals surface area (Å²) in [5, 5.41) is 0.533. The summed E-state index contributed by atoms with van der Waals surface area (Å²) in [6.45, 7) is 2.65. The zero-order valence-corrected chi connectivity index (χ0v) is 13.2. The molecule has 1 aromatic rings. The van der Waals surface area contributed by atoms with E-state index in [0.29, 0.717) is 18.2 Å². The Bertz CT molecular complexity index is 592. The largest absolute Gasteiger partial charge is 0.374 e. The van der Waals surface area contributed by atoms with Gasteiger partial charge in [-0.25, -0.2) is 8.42 Å². The number of nitrogens with two attached hydrogens (primary N) is 1. The fourth-order valence-electron chi connectivity index (χ4n) is 1.97. The highest BCUT2D eigenvalue weighted by Gasteiger charge is 2.32. The van der Waals surface area contributed by atoms with Gasteiger partial charge in [-0.2, -0.15) is 4.31 Å². The van der Waals surface area contributed by atoms with Gasteiger partial charge in [-0.1, -0.05) is 23.2 Å². The van der Waals surface area contributed by atoms with Crippen molar-refractivity contribution in [3.8, 4) is 0 Å². The third kappa shape index (κ3) is 3.27. The van der Waals surface area contributed by atoms with Crippen molar-refractivity contribution in [2.45, 2.75) is 24.0 Å². The van der Waals surface area contributed by atoms with Crippen LogP contribution >= 0.6 is 23.2 Å². The Morgan fingerprint density at radius 1 is 1.40 bits per heavy atom. The Hall–Kier alpha value is -0.370. The van der Waals surface area contributed by atoms with Gasteiger partial charge >= 0.3 is 0 Å². The summed E-state index contributed by atoms with van der Waals surface area (Å²) in [4.78, 5) is 0.122. The van der Waals surface area contributed by atoms with E-state index in [2.05, 4.69) is 0 Å². The zero-order chi connectivity index (χ0) is 14.9. The van der Waals surface area contributed by atoms with Gasteiger partial charge in [0.05, 0.1) is 27.7 Å². The number of ether oxygens (including phenoxy) is 1. The number of sulfonamides is 1. The molecule has 8 heteroatoms. The molecule has 2 rings (SSSR count). The van der Waals surface area contributed by atoms with Crippen LogP contribution in [0.25, 0.3) is 0 Å². The van der Waals surface area contributed by atoms with E-state index in [-0.39, 0.29) is 28.6 Å². The van der Waals surface area contributed by atoms with Crippen molar-refractivity contribution in [2.75, 3.05) is 19.7 Å². The molecule has 2 unspecified atom stereocenters. The average molecular weight is 339 g/mol. The number of morpholine rings is 1. The summed E-state index contributed by atoms with van der Waals surface area (Å²) >= 11 is 11.7. The fraction of sp³-hybridized carbons (Fsp3) is 0.500. The number of halogens is 2. The van der Waals surface area contributed by atoms with Crippen LogP contribution in [-0.2, 0) is 14.8 Å². The fourth-order valence-corrected chi connectivity index (χ4v) is 3.80. The highest BCUT2D eigenvalue weighted by Crippen LogP contribution is 2.27. The number of hydrogen-bond donors (Lipinski definition) is 1. The molecular formula is C12H16Cl2N2O3S. The first kappa shape index (κ1) is 16.0. The molecule has 1 aromatic carbocycles. The molecule has 0 saturated carbocycles. The highest BCUT2D eigenvalue weighted by atomic mass is 35.5. The van der Waals surface area contributed by atoms with Crippen molar-refractivity contribution in [3.63, 3.8) is 0 Å². The molecule has 0 aromatic heterocycles. The molecule has 1 saturated heterocycles. The lowest BCUT2D eigenvalue weighted by Gasteiger charge is -2.33. The molecule has 5 nitrogen and oxygen atoms in total. The molecule has 0 bridgehead atoms. The Balaban J connectivity index is 2.27. The molecule has 0 radical (unpaired) electrons. The normalized spacial score (nSPS) is 22.7. The first-order valence-corrected chi connectivity index (χ1v) is 8.34. The van der Waals surface area contributed by atoms with Gasteiger partial charge < -0.3 is 10.5 Å². The third-order valence-corrected chi connectivity index (χ3v) is 5.77. The molecule has 0 aliphatic carbocycles. The van der Waals surface area contributed by atoms with E-state index in [1.165, 1.54) is 22.5 Å².